The maximum Gasteiger partial charge on any atom is 0.272 e. The average Bonchev–Trinajstić information content (AvgIpc) is 3.32. The zero-order chi connectivity index (χ0) is 20.7. The monoisotopic (exact) mass is 398 g/mol. The van der Waals surface area contributed by atoms with Gasteiger partial charge in [-0.1, -0.05) is 26.0 Å². The number of carbonyl (C=O) groups excluding carboxylic acids is 1. The summed E-state index contributed by atoms with van der Waals surface area (Å²) in [5.74, 6) is 1.13. The zero-order valence-corrected chi connectivity index (χ0v) is 17.8. The van der Waals surface area contributed by atoms with Crippen LogP contribution in [0, 0.1) is 23.6 Å². The topological polar surface area (TPSA) is 41.4 Å². The molecule has 2 saturated heterocycles. The van der Waals surface area contributed by atoms with Gasteiger partial charge in [-0.3, -0.25) is 14.4 Å². The largest absolute Gasteiger partial charge is 0.337 e. The van der Waals surface area contributed by atoms with Gasteiger partial charge in [0.1, 0.15) is 11.5 Å². The summed E-state index contributed by atoms with van der Waals surface area (Å²) in [5.41, 5.74) is 2.69. The highest BCUT2D eigenvalue weighted by atomic mass is 19.1. The van der Waals surface area contributed by atoms with Crippen molar-refractivity contribution >= 4 is 5.91 Å². The van der Waals surface area contributed by atoms with Gasteiger partial charge in [-0.25, -0.2) is 4.39 Å². The van der Waals surface area contributed by atoms with Crippen LogP contribution in [0.2, 0.25) is 0 Å². The summed E-state index contributed by atoms with van der Waals surface area (Å²) < 4.78 is 15.6. The van der Waals surface area contributed by atoms with Crippen molar-refractivity contribution < 1.29 is 9.18 Å². The molecule has 0 N–H and O–H groups in total. The summed E-state index contributed by atoms with van der Waals surface area (Å²) in [7, 11) is 2.10. The number of amides is 1. The second-order valence-electron chi connectivity index (χ2n) is 9.01. The number of rotatable bonds is 5. The first-order valence-electron chi connectivity index (χ1n) is 10.7. The van der Waals surface area contributed by atoms with Crippen molar-refractivity contribution in [3.8, 4) is 0 Å². The Kier molecular flexibility index (Phi) is 5.47. The van der Waals surface area contributed by atoms with E-state index < -0.39 is 0 Å². The van der Waals surface area contributed by atoms with Crippen LogP contribution in [0.4, 0.5) is 4.39 Å². The lowest BCUT2D eigenvalue weighted by Crippen LogP contribution is -2.34. The molecule has 3 atom stereocenters. The van der Waals surface area contributed by atoms with Crippen molar-refractivity contribution in [2.24, 2.45) is 17.8 Å². The third kappa shape index (κ3) is 3.82. The Bertz CT molecular complexity index is 893. The summed E-state index contributed by atoms with van der Waals surface area (Å²) in [6.07, 6.45) is 0.880. The quantitative estimate of drug-likeness (QED) is 0.773. The number of aromatic nitrogens is 2. The number of nitrogens with zero attached hydrogens (tertiary/aromatic N) is 4. The minimum absolute atomic E-state index is 0.0735. The number of fused-ring (bicyclic) bond motifs is 1. The molecule has 2 aliphatic rings. The highest BCUT2D eigenvalue weighted by molar-refractivity contribution is 5.93. The Morgan fingerprint density at radius 1 is 1.24 bits per heavy atom. The first kappa shape index (κ1) is 20.1. The van der Waals surface area contributed by atoms with Crippen LogP contribution >= 0.6 is 0 Å². The van der Waals surface area contributed by atoms with E-state index in [-0.39, 0.29) is 17.8 Å². The fourth-order valence-electron chi connectivity index (χ4n) is 5.18. The van der Waals surface area contributed by atoms with Gasteiger partial charge in [-0.2, -0.15) is 5.10 Å². The molecule has 29 heavy (non-hydrogen) atoms. The van der Waals surface area contributed by atoms with Crippen LogP contribution in [0.1, 0.15) is 48.6 Å². The lowest BCUT2D eigenvalue weighted by Gasteiger charge is -2.27. The summed E-state index contributed by atoms with van der Waals surface area (Å²) in [6, 6.07) is 9.03. The van der Waals surface area contributed by atoms with E-state index >= 15 is 0 Å². The number of hydrogen-bond acceptors (Lipinski definition) is 3. The first-order chi connectivity index (χ1) is 13.9. The Labute approximate surface area is 172 Å². The maximum atomic E-state index is 13.8. The SMILES string of the molecule is CCn1nc(CC(C)C)cc1C(=O)N1C[C@@H]2CN(C)[C@@H](c3cccc(F)c3)[C@@H]2C1. The molecular formula is C23H31FN4O. The first-order valence-corrected chi connectivity index (χ1v) is 10.7. The van der Waals surface area contributed by atoms with Crippen molar-refractivity contribution in [3.05, 3.63) is 53.1 Å². The number of halogens is 1. The van der Waals surface area contributed by atoms with Crippen LogP contribution in [0.5, 0.6) is 0 Å². The van der Waals surface area contributed by atoms with Gasteiger partial charge in [0.25, 0.3) is 5.91 Å². The molecule has 2 aliphatic heterocycles. The molecule has 5 nitrogen and oxygen atoms in total. The number of hydrogen-bond donors (Lipinski definition) is 0. The summed E-state index contributed by atoms with van der Waals surface area (Å²) >= 11 is 0. The summed E-state index contributed by atoms with van der Waals surface area (Å²) in [6.45, 7) is 9.44. The molecule has 3 heterocycles. The van der Waals surface area contributed by atoms with Crippen LogP contribution in [0.25, 0.3) is 0 Å². The molecule has 0 radical (unpaired) electrons. The van der Waals surface area contributed by atoms with Gasteiger partial charge in [0.2, 0.25) is 0 Å². The van der Waals surface area contributed by atoms with Crippen LogP contribution in [-0.4, -0.2) is 52.2 Å². The lowest BCUT2D eigenvalue weighted by molar-refractivity contribution is 0.0755. The van der Waals surface area contributed by atoms with E-state index in [1.165, 1.54) is 6.07 Å². The van der Waals surface area contributed by atoms with Crippen LogP contribution in [0.15, 0.2) is 30.3 Å². The lowest BCUT2D eigenvalue weighted by atomic mass is 9.89. The molecule has 1 aromatic carbocycles. The van der Waals surface area contributed by atoms with Gasteiger partial charge in [0, 0.05) is 38.1 Å². The summed E-state index contributed by atoms with van der Waals surface area (Å²) in [5, 5.41) is 4.64. The second-order valence-corrected chi connectivity index (χ2v) is 9.01. The smallest absolute Gasteiger partial charge is 0.272 e. The van der Waals surface area contributed by atoms with Crippen molar-refractivity contribution in [3.63, 3.8) is 0 Å². The van der Waals surface area contributed by atoms with Gasteiger partial charge in [0.15, 0.2) is 0 Å². The molecular weight excluding hydrogens is 367 g/mol. The predicted octanol–water partition coefficient (Wildman–Crippen LogP) is 3.62. The Morgan fingerprint density at radius 3 is 2.72 bits per heavy atom. The van der Waals surface area contributed by atoms with Gasteiger partial charge in [0.05, 0.1) is 5.69 Å². The van der Waals surface area contributed by atoms with Crippen molar-refractivity contribution in [2.45, 2.75) is 39.8 Å². The standard InChI is InChI=1S/C23H31FN4O/c1-5-28-21(11-19(25-28)9-15(2)3)23(29)27-13-17-12-26(4)22(20(17)14-27)16-7-6-8-18(24)10-16/h6-8,10-11,15,17,20,22H,5,9,12-14H2,1-4H3/t17-,20+,22-/m0/s1. The van der Waals surface area contributed by atoms with Crippen molar-refractivity contribution in [2.75, 3.05) is 26.7 Å². The molecule has 0 saturated carbocycles. The third-order valence-electron chi connectivity index (χ3n) is 6.34. The molecule has 0 bridgehead atoms. The minimum Gasteiger partial charge on any atom is -0.337 e. The van der Waals surface area contributed by atoms with E-state index in [1.54, 1.807) is 12.1 Å². The second kappa shape index (κ2) is 7.90. The van der Waals surface area contributed by atoms with Crippen molar-refractivity contribution in [1.82, 2.24) is 19.6 Å². The van der Waals surface area contributed by atoms with E-state index in [0.29, 0.717) is 36.5 Å². The molecule has 4 rings (SSSR count). The van der Waals surface area contributed by atoms with Gasteiger partial charge < -0.3 is 4.90 Å². The molecule has 0 spiro atoms. The molecule has 1 amide bonds. The van der Waals surface area contributed by atoms with E-state index in [4.69, 9.17) is 0 Å². The number of aryl methyl sites for hydroxylation is 1. The Morgan fingerprint density at radius 2 is 2.03 bits per heavy atom. The number of carbonyl (C=O) groups is 1. The molecule has 0 aliphatic carbocycles. The predicted molar refractivity (Wildman–Crippen MR) is 111 cm³/mol. The van der Waals surface area contributed by atoms with Crippen LogP contribution in [-0.2, 0) is 13.0 Å². The third-order valence-corrected chi connectivity index (χ3v) is 6.34. The van der Waals surface area contributed by atoms with E-state index in [1.807, 2.05) is 28.6 Å². The number of likely N-dealkylation sites (tertiary alicyclic amines) is 2. The fraction of sp³-hybridized carbons (Fsp3) is 0.565. The van der Waals surface area contributed by atoms with Crippen molar-refractivity contribution in [1.29, 1.82) is 0 Å². The summed E-state index contributed by atoms with van der Waals surface area (Å²) in [4.78, 5) is 17.6. The zero-order valence-electron chi connectivity index (χ0n) is 17.8. The minimum atomic E-state index is -0.199. The highest BCUT2D eigenvalue weighted by Gasteiger charge is 2.47. The molecule has 1 aromatic heterocycles. The average molecular weight is 399 g/mol. The Balaban J connectivity index is 1.54. The highest BCUT2D eigenvalue weighted by Crippen LogP contribution is 2.44. The van der Waals surface area contributed by atoms with E-state index in [2.05, 4.69) is 30.9 Å². The normalized spacial score (nSPS) is 24.5. The van der Waals surface area contributed by atoms with Crippen LogP contribution < -0.4 is 0 Å². The molecule has 2 fully saturated rings. The molecule has 2 aromatic rings. The fourth-order valence-corrected chi connectivity index (χ4v) is 5.18. The van der Waals surface area contributed by atoms with Gasteiger partial charge in [-0.15, -0.1) is 0 Å². The van der Waals surface area contributed by atoms with Gasteiger partial charge in [-0.05, 0) is 56.0 Å². The van der Waals surface area contributed by atoms with Gasteiger partial charge >= 0.3 is 0 Å². The maximum absolute atomic E-state index is 13.8. The van der Waals surface area contributed by atoms with E-state index in [0.717, 1.165) is 30.8 Å². The van der Waals surface area contributed by atoms with E-state index in [9.17, 15) is 9.18 Å². The van der Waals surface area contributed by atoms with Crippen LogP contribution in [0.3, 0.4) is 0 Å². The molecule has 156 valence electrons. The number of benzene rings is 1. The Hall–Kier alpha value is -2.21. The molecule has 6 heteroatoms. The molecule has 0 unspecified atom stereocenters.